The molecule has 0 aliphatic carbocycles. The predicted molar refractivity (Wildman–Crippen MR) is 77.5 cm³/mol. The molecule has 1 heterocycles. The molecule has 22 heavy (non-hydrogen) atoms. The quantitative estimate of drug-likeness (QED) is 0.918. The standard InChI is InChI=1S/C16H17F3N2O/c1-10-4-9-14(21(10)3)15(22)20-11(2)12-5-7-13(8-6-12)16(17,18)19/h4-9,11H,1-3H3,(H,20,22)/t11-/m1/s1. The number of aryl methyl sites for hydroxylation is 1. The molecule has 3 nitrogen and oxygen atoms in total. The third-order valence-corrected chi connectivity index (χ3v) is 3.69. The van der Waals surface area contributed by atoms with E-state index >= 15 is 0 Å². The van der Waals surface area contributed by atoms with E-state index in [4.69, 9.17) is 0 Å². The van der Waals surface area contributed by atoms with Crippen LogP contribution >= 0.6 is 0 Å². The lowest BCUT2D eigenvalue weighted by atomic mass is 10.1. The topological polar surface area (TPSA) is 34.0 Å². The molecule has 0 bridgehead atoms. The van der Waals surface area contributed by atoms with Crippen molar-refractivity contribution in [1.29, 1.82) is 0 Å². The maximum atomic E-state index is 12.5. The monoisotopic (exact) mass is 310 g/mol. The zero-order valence-electron chi connectivity index (χ0n) is 12.5. The van der Waals surface area contributed by atoms with E-state index < -0.39 is 11.7 Å². The van der Waals surface area contributed by atoms with Gasteiger partial charge in [0, 0.05) is 12.7 Å². The van der Waals surface area contributed by atoms with Gasteiger partial charge in [0.1, 0.15) is 5.69 Å². The van der Waals surface area contributed by atoms with Crippen LogP contribution in [0.25, 0.3) is 0 Å². The van der Waals surface area contributed by atoms with Crippen LogP contribution in [0, 0.1) is 6.92 Å². The van der Waals surface area contributed by atoms with Gasteiger partial charge in [-0.2, -0.15) is 13.2 Å². The van der Waals surface area contributed by atoms with E-state index in [0.29, 0.717) is 11.3 Å². The largest absolute Gasteiger partial charge is 0.416 e. The number of amides is 1. The minimum atomic E-state index is -4.36. The number of halogens is 3. The molecule has 0 spiro atoms. The highest BCUT2D eigenvalue weighted by atomic mass is 19.4. The number of alkyl halides is 3. The second-order valence-corrected chi connectivity index (χ2v) is 5.23. The third-order valence-electron chi connectivity index (χ3n) is 3.69. The van der Waals surface area contributed by atoms with Crippen molar-refractivity contribution >= 4 is 5.91 Å². The highest BCUT2D eigenvalue weighted by molar-refractivity contribution is 5.93. The summed E-state index contributed by atoms with van der Waals surface area (Å²) >= 11 is 0. The smallest absolute Gasteiger partial charge is 0.344 e. The van der Waals surface area contributed by atoms with Gasteiger partial charge in [0.15, 0.2) is 0 Å². The van der Waals surface area contributed by atoms with Crippen LogP contribution in [0.15, 0.2) is 36.4 Å². The molecule has 118 valence electrons. The Hall–Kier alpha value is -2.24. The van der Waals surface area contributed by atoms with E-state index in [1.165, 1.54) is 12.1 Å². The van der Waals surface area contributed by atoms with Crippen molar-refractivity contribution in [2.75, 3.05) is 0 Å². The first kappa shape index (κ1) is 16.1. The van der Waals surface area contributed by atoms with E-state index in [9.17, 15) is 18.0 Å². The van der Waals surface area contributed by atoms with Crippen LogP contribution in [0.3, 0.4) is 0 Å². The molecular weight excluding hydrogens is 293 g/mol. The van der Waals surface area contributed by atoms with Crippen molar-refractivity contribution in [3.63, 3.8) is 0 Å². The van der Waals surface area contributed by atoms with Gasteiger partial charge in [-0.25, -0.2) is 0 Å². The summed E-state index contributed by atoms with van der Waals surface area (Å²) in [6, 6.07) is 7.95. The molecule has 1 atom stereocenters. The van der Waals surface area contributed by atoms with Crippen LogP contribution in [-0.4, -0.2) is 10.5 Å². The number of benzene rings is 1. The molecule has 0 fully saturated rings. The van der Waals surface area contributed by atoms with Crippen LogP contribution < -0.4 is 5.32 Å². The average Bonchev–Trinajstić information content (AvgIpc) is 2.78. The van der Waals surface area contributed by atoms with Gasteiger partial charge in [0.2, 0.25) is 0 Å². The Bertz CT molecular complexity index is 672. The first-order chi connectivity index (χ1) is 10.2. The van der Waals surface area contributed by atoms with Crippen molar-refractivity contribution in [3.05, 3.63) is 58.9 Å². The van der Waals surface area contributed by atoms with E-state index in [1.54, 1.807) is 24.6 Å². The molecule has 1 N–H and O–H groups in total. The van der Waals surface area contributed by atoms with Crippen molar-refractivity contribution in [2.24, 2.45) is 7.05 Å². The van der Waals surface area contributed by atoms with Crippen molar-refractivity contribution in [3.8, 4) is 0 Å². The number of aromatic nitrogens is 1. The van der Waals surface area contributed by atoms with E-state index in [1.807, 2.05) is 13.0 Å². The summed E-state index contributed by atoms with van der Waals surface area (Å²) in [7, 11) is 1.78. The Kier molecular flexibility index (Phi) is 4.30. The predicted octanol–water partition coefficient (Wildman–Crippen LogP) is 3.84. The third kappa shape index (κ3) is 3.32. The number of rotatable bonds is 3. The number of nitrogens with zero attached hydrogens (tertiary/aromatic N) is 1. The maximum Gasteiger partial charge on any atom is 0.416 e. The fourth-order valence-corrected chi connectivity index (χ4v) is 2.16. The Morgan fingerprint density at radius 2 is 1.73 bits per heavy atom. The van der Waals surface area contributed by atoms with Gasteiger partial charge in [-0.3, -0.25) is 4.79 Å². The molecule has 0 unspecified atom stereocenters. The Labute approximate surface area is 126 Å². The number of carbonyl (C=O) groups is 1. The molecular formula is C16H17F3N2O. The molecule has 0 aliphatic heterocycles. The number of hydrogen-bond acceptors (Lipinski definition) is 1. The second-order valence-electron chi connectivity index (χ2n) is 5.23. The van der Waals surface area contributed by atoms with Crippen LogP contribution in [0.4, 0.5) is 13.2 Å². The van der Waals surface area contributed by atoms with E-state index in [2.05, 4.69) is 5.32 Å². The minimum absolute atomic E-state index is 0.261. The SMILES string of the molecule is Cc1ccc(C(=O)N[C@H](C)c2ccc(C(F)(F)F)cc2)n1C. The fraction of sp³-hybridized carbons (Fsp3) is 0.312. The lowest BCUT2D eigenvalue weighted by Gasteiger charge is -2.16. The zero-order chi connectivity index (χ0) is 16.5. The maximum absolute atomic E-state index is 12.5. The fourth-order valence-electron chi connectivity index (χ4n) is 2.16. The number of carbonyl (C=O) groups excluding carboxylic acids is 1. The molecule has 0 saturated heterocycles. The lowest BCUT2D eigenvalue weighted by molar-refractivity contribution is -0.137. The molecule has 6 heteroatoms. The summed E-state index contributed by atoms with van der Waals surface area (Å²) in [6.45, 7) is 3.62. The van der Waals surface area contributed by atoms with Crippen LogP contribution in [0.2, 0.25) is 0 Å². The summed E-state index contributed by atoms with van der Waals surface area (Å²) in [5.41, 5.74) is 1.38. The Balaban J connectivity index is 2.10. The highest BCUT2D eigenvalue weighted by Gasteiger charge is 2.30. The van der Waals surface area contributed by atoms with Gasteiger partial charge in [-0.05, 0) is 43.7 Å². The van der Waals surface area contributed by atoms with Gasteiger partial charge < -0.3 is 9.88 Å². The molecule has 0 aliphatic rings. The van der Waals surface area contributed by atoms with Gasteiger partial charge in [-0.1, -0.05) is 12.1 Å². The summed E-state index contributed by atoms with van der Waals surface area (Å²) in [4.78, 5) is 12.2. The minimum Gasteiger partial charge on any atom is -0.344 e. The average molecular weight is 310 g/mol. The summed E-state index contributed by atoms with van der Waals surface area (Å²) < 4.78 is 39.3. The van der Waals surface area contributed by atoms with Crippen molar-refractivity contribution in [2.45, 2.75) is 26.1 Å². The summed E-state index contributed by atoms with van der Waals surface area (Å²) in [5, 5.41) is 2.78. The Morgan fingerprint density at radius 1 is 1.14 bits per heavy atom. The van der Waals surface area contributed by atoms with Gasteiger partial charge in [0.05, 0.1) is 11.6 Å². The molecule has 1 amide bonds. The van der Waals surface area contributed by atoms with Crippen LogP contribution in [-0.2, 0) is 13.2 Å². The molecule has 2 rings (SSSR count). The second kappa shape index (κ2) is 5.87. The van der Waals surface area contributed by atoms with Crippen LogP contribution in [0.5, 0.6) is 0 Å². The normalized spacial score (nSPS) is 13.0. The highest BCUT2D eigenvalue weighted by Crippen LogP contribution is 2.29. The molecule has 0 saturated carbocycles. The Morgan fingerprint density at radius 3 is 2.18 bits per heavy atom. The van der Waals surface area contributed by atoms with E-state index in [-0.39, 0.29) is 11.9 Å². The van der Waals surface area contributed by atoms with Crippen molar-refractivity contribution < 1.29 is 18.0 Å². The number of nitrogens with one attached hydrogen (secondary N) is 1. The molecule has 1 aromatic carbocycles. The first-order valence-corrected chi connectivity index (χ1v) is 6.80. The van der Waals surface area contributed by atoms with E-state index in [0.717, 1.165) is 17.8 Å². The molecule has 1 aromatic heterocycles. The molecule has 0 radical (unpaired) electrons. The van der Waals surface area contributed by atoms with Crippen LogP contribution in [0.1, 0.15) is 40.3 Å². The first-order valence-electron chi connectivity index (χ1n) is 6.80. The van der Waals surface area contributed by atoms with Gasteiger partial charge in [0.25, 0.3) is 5.91 Å². The summed E-state index contributed by atoms with van der Waals surface area (Å²) in [5.74, 6) is -0.261. The molecule has 2 aromatic rings. The van der Waals surface area contributed by atoms with Gasteiger partial charge in [-0.15, -0.1) is 0 Å². The van der Waals surface area contributed by atoms with Crippen molar-refractivity contribution in [1.82, 2.24) is 9.88 Å². The number of hydrogen-bond donors (Lipinski definition) is 1. The zero-order valence-corrected chi connectivity index (χ0v) is 12.5. The summed E-state index contributed by atoms with van der Waals surface area (Å²) in [6.07, 6.45) is -4.36. The lowest BCUT2D eigenvalue weighted by Crippen LogP contribution is -2.28. The van der Waals surface area contributed by atoms with Gasteiger partial charge >= 0.3 is 6.18 Å².